The summed E-state index contributed by atoms with van der Waals surface area (Å²) in [6.45, 7) is 13.7. The Hall–Kier alpha value is -1.04. The summed E-state index contributed by atoms with van der Waals surface area (Å²) in [5.74, 6) is 6.33. The fraction of sp³-hybridized carbons (Fsp3) is 0.571. The van der Waals surface area contributed by atoms with Gasteiger partial charge in [-0.3, -0.25) is 4.90 Å². The Morgan fingerprint density at radius 2 is 1.75 bits per heavy atom. The van der Waals surface area contributed by atoms with Crippen LogP contribution < -0.4 is 0 Å². The molecule has 2 nitrogen and oxygen atoms in total. The summed E-state index contributed by atoms with van der Waals surface area (Å²) in [6, 6.07) is 0. The van der Waals surface area contributed by atoms with E-state index in [1.807, 2.05) is 26.0 Å². The normalized spacial score (nSPS) is 12.1. The zero-order valence-corrected chi connectivity index (χ0v) is 10.4. The van der Waals surface area contributed by atoms with Crippen molar-refractivity contribution in [2.75, 3.05) is 19.6 Å². The maximum atomic E-state index is 9.55. The summed E-state index contributed by atoms with van der Waals surface area (Å²) in [7, 11) is 0. The third kappa shape index (κ3) is 7.28. The molecule has 0 aliphatic carbocycles. The van der Waals surface area contributed by atoms with Gasteiger partial charge in [0.1, 0.15) is 0 Å². The molecule has 2 heteroatoms. The first kappa shape index (κ1) is 15.0. The zero-order chi connectivity index (χ0) is 12.4. The van der Waals surface area contributed by atoms with Crippen LogP contribution in [0.15, 0.2) is 25.3 Å². The lowest BCUT2D eigenvalue weighted by Crippen LogP contribution is -2.24. The molecule has 1 N–H and O–H groups in total. The Kier molecular flexibility index (Phi) is 8.61. The quantitative estimate of drug-likeness (QED) is 0.525. The highest BCUT2D eigenvalue weighted by atomic mass is 16.3. The molecular weight excluding hydrogens is 198 g/mol. The van der Waals surface area contributed by atoms with Crippen molar-refractivity contribution in [1.29, 1.82) is 0 Å². The molecule has 0 aliphatic heterocycles. The summed E-state index contributed by atoms with van der Waals surface area (Å²) in [5, 5.41) is 9.55. The average Bonchev–Trinajstić information content (AvgIpc) is 2.24. The van der Waals surface area contributed by atoms with Crippen LogP contribution in [0.25, 0.3) is 0 Å². The van der Waals surface area contributed by atoms with Crippen LogP contribution in [0.1, 0.15) is 20.3 Å². The molecule has 0 spiro atoms. The second-order valence-corrected chi connectivity index (χ2v) is 4.14. The number of hydrogen-bond acceptors (Lipinski definition) is 2. The van der Waals surface area contributed by atoms with Gasteiger partial charge in [-0.2, -0.15) is 0 Å². The number of hydrogen-bond donors (Lipinski definition) is 1. The molecule has 90 valence electrons. The van der Waals surface area contributed by atoms with E-state index in [1.165, 1.54) is 0 Å². The summed E-state index contributed by atoms with van der Waals surface area (Å²) in [6.07, 6.45) is 3.94. The highest BCUT2D eigenvalue weighted by Crippen LogP contribution is 2.03. The van der Waals surface area contributed by atoms with E-state index >= 15 is 0 Å². The highest BCUT2D eigenvalue weighted by molar-refractivity contribution is 5.03. The Morgan fingerprint density at radius 1 is 1.19 bits per heavy atom. The van der Waals surface area contributed by atoms with E-state index in [2.05, 4.69) is 29.9 Å². The second-order valence-electron chi connectivity index (χ2n) is 4.14. The number of aliphatic hydroxyl groups is 1. The van der Waals surface area contributed by atoms with Gasteiger partial charge in [-0.15, -0.1) is 13.2 Å². The molecule has 0 bridgehead atoms. The molecule has 0 aromatic heterocycles. The van der Waals surface area contributed by atoms with E-state index in [0.29, 0.717) is 13.0 Å². The maximum absolute atomic E-state index is 9.55. The minimum atomic E-state index is -0.320. The SMILES string of the molecule is C=CCN(CC#CCC(O)C(C)C)CC=C. The largest absolute Gasteiger partial charge is 0.392 e. The summed E-state index contributed by atoms with van der Waals surface area (Å²) in [5.41, 5.74) is 0. The van der Waals surface area contributed by atoms with Gasteiger partial charge in [-0.05, 0) is 5.92 Å². The highest BCUT2D eigenvalue weighted by Gasteiger charge is 2.05. The molecule has 0 aromatic carbocycles. The number of aliphatic hydroxyl groups excluding tert-OH is 1. The van der Waals surface area contributed by atoms with Crippen LogP contribution in [0.5, 0.6) is 0 Å². The predicted octanol–water partition coefficient (Wildman–Crippen LogP) is 2.07. The van der Waals surface area contributed by atoms with Crippen LogP contribution in [0.2, 0.25) is 0 Å². The van der Waals surface area contributed by atoms with Crippen molar-refractivity contribution in [3.05, 3.63) is 25.3 Å². The van der Waals surface area contributed by atoms with E-state index in [4.69, 9.17) is 0 Å². The minimum absolute atomic E-state index is 0.270. The molecule has 0 amide bonds. The maximum Gasteiger partial charge on any atom is 0.0672 e. The third-order valence-electron chi connectivity index (χ3n) is 2.28. The van der Waals surface area contributed by atoms with Gasteiger partial charge in [-0.1, -0.05) is 37.8 Å². The first-order valence-electron chi connectivity index (χ1n) is 5.69. The van der Waals surface area contributed by atoms with Gasteiger partial charge in [0.25, 0.3) is 0 Å². The minimum Gasteiger partial charge on any atom is -0.392 e. The number of rotatable bonds is 7. The Balaban J connectivity index is 3.94. The van der Waals surface area contributed by atoms with Crippen LogP contribution in [0.4, 0.5) is 0 Å². The van der Waals surface area contributed by atoms with Gasteiger partial charge in [-0.25, -0.2) is 0 Å². The first-order chi connectivity index (χ1) is 7.61. The van der Waals surface area contributed by atoms with Crippen molar-refractivity contribution >= 4 is 0 Å². The molecule has 0 saturated carbocycles. The molecule has 0 saturated heterocycles. The summed E-state index contributed by atoms with van der Waals surface area (Å²) in [4.78, 5) is 2.13. The molecule has 0 heterocycles. The molecule has 0 rings (SSSR count). The van der Waals surface area contributed by atoms with Crippen molar-refractivity contribution in [3.63, 3.8) is 0 Å². The first-order valence-corrected chi connectivity index (χ1v) is 5.69. The molecule has 0 fully saturated rings. The van der Waals surface area contributed by atoms with E-state index in [9.17, 15) is 5.11 Å². The molecule has 1 unspecified atom stereocenters. The standard InChI is InChI=1S/C14H23NO/c1-5-10-15(11-6-2)12-8-7-9-14(16)13(3)4/h5-6,13-14,16H,1-2,9-12H2,3-4H3. The Morgan fingerprint density at radius 3 is 2.19 bits per heavy atom. The van der Waals surface area contributed by atoms with Crippen molar-refractivity contribution in [1.82, 2.24) is 4.90 Å². The summed E-state index contributed by atoms with van der Waals surface area (Å²) < 4.78 is 0. The molecule has 0 radical (unpaired) electrons. The van der Waals surface area contributed by atoms with E-state index in [-0.39, 0.29) is 12.0 Å². The van der Waals surface area contributed by atoms with Gasteiger partial charge < -0.3 is 5.11 Å². The van der Waals surface area contributed by atoms with Gasteiger partial charge in [0.2, 0.25) is 0 Å². The van der Waals surface area contributed by atoms with Crippen molar-refractivity contribution in [3.8, 4) is 11.8 Å². The van der Waals surface area contributed by atoms with Gasteiger partial charge in [0, 0.05) is 19.5 Å². The predicted molar refractivity (Wildman–Crippen MR) is 70.1 cm³/mol. The van der Waals surface area contributed by atoms with E-state index in [1.54, 1.807) is 0 Å². The van der Waals surface area contributed by atoms with Crippen LogP contribution in [-0.4, -0.2) is 35.7 Å². The monoisotopic (exact) mass is 221 g/mol. The van der Waals surface area contributed by atoms with Crippen molar-refractivity contribution in [2.45, 2.75) is 26.4 Å². The lowest BCUT2D eigenvalue weighted by Gasteiger charge is -2.14. The molecule has 0 aliphatic rings. The van der Waals surface area contributed by atoms with E-state index < -0.39 is 0 Å². The Labute approximate surface area is 99.7 Å². The lowest BCUT2D eigenvalue weighted by atomic mass is 10.1. The smallest absolute Gasteiger partial charge is 0.0672 e. The third-order valence-corrected chi connectivity index (χ3v) is 2.28. The fourth-order valence-corrected chi connectivity index (χ4v) is 1.15. The lowest BCUT2D eigenvalue weighted by molar-refractivity contribution is 0.130. The van der Waals surface area contributed by atoms with Crippen LogP contribution >= 0.6 is 0 Å². The van der Waals surface area contributed by atoms with E-state index in [0.717, 1.165) is 13.1 Å². The average molecular weight is 221 g/mol. The van der Waals surface area contributed by atoms with Gasteiger partial charge in [0.15, 0.2) is 0 Å². The van der Waals surface area contributed by atoms with Gasteiger partial charge in [0.05, 0.1) is 12.6 Å². The van der Waals surface area contributed by atoms with Crippen molar-refractivity contribution < 1.29 is 5.11 Å². The second kappa shape index (κ2) is 9.21. The topological polar surface area (TPSA) is 23.5 Å². The van der Waals surface area contributed by atoms with Crippen LogP contribution in [0, 0.1) is 17.8 Å². The number of nitrogens with zero attached hydrogens (tertiary/aromatic N) is 1. The zero-order valence-electron chi connectivity index (χ0n) is 10.4. The Bertz CT molecular complexity index is 250. The van der Waals surface area contributed by atoms with Crippen molar-refractivity contribution in [2.24, 2.45) is 5.92 Å². The molecule has 0 aromatic rings. The van der Waals surface area contributed by atoms with Crippen LogP contribution in [0.3, 0.4) is 0 Å². The van der Waals surface area contributed by atoms with Gasteiger partial charge >= 0.3 is 0 Å². The molecule has 1 atom stereocenters. The fourth-order valence-electron chi connectivity index (χ4n) is 1.15. The van der Waals surface area contributed by atoms with Crippen LogP contribution in [-0.2, 0) is 0 Å². The molecular formula is C14H23NO. The summed E-state index contributed by atoms with van der Waals surface area (Å²) >= 11 is 0. The molecule has 16 heavy (non-hydrogen) atoms.